The number of ketones is 4. The zero-order valence-corrected chi connectivity index (χ0v) is 27.4. The third kappa shape index (κ3) is 4.28. The first kappa shape index (κ1) is 31.5. The zero-order chi connectivity index (χ0) is 31.8. The van der Waals surface area contributed by atoms with Gasteiger partial charge in [0, 0.05) is 11.5 Å². The quantitative estimate of drug-likeness (QED) is 0.121. The van der Waals surface area contributed by atoms with E-state index in [0.29, 0.717) is 12.0 Å². The molecule has 230 valence electrons. The fourth-order valence-electron chi connectivity index (χ4n) is 8.90. The van der Waals surface area contributed by atoms with Gasteiger partial charge in [-0.25, -0.2) is 0 Å². The molecule has 5 fully saturated rings. The van der Waals surface area contributed by atoms with Crippen LogP contribution in [0.15, 0.2) is 65.3 Å². The summed E-state index contributed by atoms with van der Waals surface area (Å²) in [4.78, 5) is 60.4. The number of carbonyl (C=O) groups excluding carboxylic acids is 4. The molecule has 0 spiro atoms. The minimum Gasteiger partial charge on any atom is -0.366 e. The Morgan fingerprint density at radius 1 is 0.837 bits per heavy atom. The summed E-state index contributed by atoms with van der Waals surface area (Å²) in [7, 11) is 0. The minimum atomic E-state index is -1.94. The lowest BCUT2D eigenvalue weighted by atomic mass is 9.26. The van der Waals surface area contributed by atoms with E-state index in [-0.39, 0.29) is 30.6 Å². The van der Waals surface area contributed by atoms with Crippen LogP contribution in [-0.2, 0) is 19.1 Å². The van der Waals surface area contributed by atoms with E-state index in [4.69, 9.17) is 4.74 Å². The molecule has 43 heavy (non-hydrogen) atoms. The third-order valence-corrected chi connectivity index (χ3v) is 11.3. The van der Waals surface area contributed by atoms with E-state index in [0.717, 1.165) is 24.0 Å². The summed E-state index contributed by atoms with van der Waals surface area (Å²) in [5.74, 6) is -2.38. The van der Waals surface area contributed by atoms with Crippen molar-refractivity contribution in [2.24, 2.45) is 33.5 Å². The van der Waals surface area contributed by atoms with Gasteiger partial charge in [0.25, 0.3) is 0 Å². The standard InChI is InChI=1S/C38H48O5/c1-23(2)14-13-15-25(5)19-20-36-22-27-28(30-35(8,9)43-30)37(31(36)40,21-18-24(3)4)33(42)38(32(36)41,34(27,6)7)29(39)26-16-11-10-12-17-26/h10-12,14,16-19,27-28,30H,13,15,20-22H2,1-9H3/b25-19+/t27-,28-,30-,36+,37-,38+/m0/s1. The van der Waals surface area contributed by atoms with Crippen LogP contribution in [0.5, 0.6) is 0 Å². The molecule has 5 heteroatoms. The number of epoxide rings is 1. The Kier molecular flexibility index (Phi) is 7.57. The van der Waals surface area contributed by atoms with Crippen LogP contribution >= 0.6 is 0 Å². The SMILES string of the molecule is CC(C)=CCC/C(C)=C/C[C@@]12C[C@H]3[C@@H]([C@@H]4OC4(C)C)[C@@](CC=C(C)C)(C1=O)C(=O)[C@@](C(=O)c1ccccc1)(C2=O)C3(C)C. The number of hydrogen-bond donors (Lipinski definition) is 0. The molecular formula is C38H48O5. The molecule has 1 saturated heterocycles. The van der Waals surface area contributed by atoms with Gasteiger partial charge in [-0.15, -0.1) is 0 Å². The fourth-order valence-corrected chi connectivity index (χ4v) is 8.90. The number of rotatable bonds is 10. The lowest BCUT2D eigenvalue weighted by Gasteiger charge is -2.71. The molecule has 0 unspecified atom stereocenters. The van der Waals surface area contributed by atoms with E-state index >= 15 is 14.4 Å². The summed E-state index contributed by atoms with van der Waals surface area (Å²) in [5.41, 5.74) is -2.68. The number of carbonyl (C=O) groups is 4. The first-order chi connectivity index (χ1) is 20.0. The van der Waals surface area contributed by atoms with E-state index in [9.17, 15) is 4.79 Å². The van der Waals surface area contributed by atoms with Gasteiger partial charge in [0.2, 0.25) is 0 Å². The second-order valence-corrected chi connectivity index (χ2v) is 15.2. The molecule has 6 atom stereocenters. The summed E-state index contributed by atoms with van der Waals surface area (Å²) < 4.78 is 6.24. The monoisotopic (exact) mass is 584 g/mol. The van der Waals surface area contributed by atoms with Crippen LogP contribution in [-0.4, -0.2) is 34.8 Å². The molecule has 1 heterocycles. The molecule has 1 aliphatic heterocycles. The Hall–Kier alpha value is -2.92. The van der Waals surface area contributed by atoms with E-state index < -0.39 is 50.5 Å². The van der Waals surface area contributed by atoms with Crippen molar-refractivity contribution in [1.82, 2.24) is 0 Å². The molecule has 0 radical (unpaired) electrons. The van der Waals surface area contributed by atoms with Gasteiger partial charge >= 0.3 is 0 Å². The molecule has 4 aliphatic carbocycles. The lowest BCUT2D eigenvalue weighted by molar-refractivity contribution is -0.215. The van der Waals surface area contributed by atoms with Crippen LogP contribution in [0.1, 0.15) is 105 Å². The maximum Gasteiger partial charge on any atom is 0.184 e. The van der Waals surface area contributed by atoms with Gasteiger partial charge in [0.1, 0.15) is 0 Å². The molecular weight excluding hydrogens is 536 g/mol. The van der Waals surface area contributed by atoms with Crippen molar-refractivity contribution < 1.29 is 23.9 Å². The smallest absolute Gasteiger partial charge is 0.184 e. The Bertz CT molecular complexity index is 1460. The molecule has 0 aromatic heterocycles. The molecule has 4 saturated carbocycles. The fraction of sp³-hybridized carbons (Fsp3) is 0.579. The largest absolute Gasteiger partial charge is 0.366 e. The zero-order valence-electron chi connectivity index (χ0n) is 27.4. The molecule has 5 nitrogen and oxygen atoms in total. The average molecular weight is 585 g/mol. The van der Waals surface area contributed by atoms with Crippen LogP contribution < -0.4 is 0 Å². The van der Waals surface area contributed by atoms with Crippen molar-refractivity contribution in [2.45, 2.75) is 106 Å². The predicted octanol–water partition coefficient (Wildman–Crippen LogP) is 7.84. The number of ether oxygens (including phenoxy) is 1. The van der Waals surface area contributed by atoms with E-state index in [1.807, 2.05) is 66.7 Å². The topological polar surface area (TPSA) is 80.8 Å². The number of allylic oxidation sites excluding steroid dienone is 6. The number of hydrogen-bond acceptors (Lipinski definition) is 5. The minimum absolute atomic E-state index is 0.183. The van der Waals surface area contributed by atoms with Gasteiger partial charge in [-0.05, 0) is 91.9 Å². The van der Waals surface area contributed by atoms with E-state index in [1.165, 1.54) is 5.57 Å². The Balaban J connectivity index is 1.75. The van der Waals surface area contributed by atoms with E-state index in [1.54, 1.807) is 24.3 Å². The summed E-state index contributed by atoms with van der Waals surface area (Å²) in [5, 5.41) is 0. The summed E-state index contributed by atoms with van der Waals surface area (Å²) in [6.07, 6.45) is 8.31. The summed E-state index contributed by atoms with van der Waals surface area (Å²) in [6, 6.07) is 8.71. The summed E-state index contributed by atoms with van der Waals surface area (Å²) >= 11 is 0. The molecule has 1 aromatic rings. The molecule has 6 rings (SSSR count). The molecule has 0 N–H and O–H groups in total. The molecule has 0 amide bonds. The van der Waals surface area contributed by atoms with Gasteiger partial charge < -0.3 is 4.74 Å². The van der Waals surface area contributed by atoms with Crippen molar-refractivity contribution in [1.29, 1.82) is 0 Å². The van der Waals surface area contributed by atoms with Gasteiger partial charge in [-0.1, -0.05) is 79.1 Å². The lowest BCUT2D eigenvalue weighted by Crippen LogP contribution is -2.84. The second kappa shape index (κ2) is 10.3. The molecule has 1 aromatic carbocycles. The third-order valence-electron chi connectivity index (χ3n) is 11.3. The van der Waals surface area contributed by atoms with Crippen LogP contribution in [0.4, 0.5) is 0 Å². The maximum absolute atomic E-state index is 15.4. The van der Waals surface area contributed by atoms with Gasteiger partial charge in [0.15, 0.2) is 28.5 Å². The van der Waals surface area contributed by atoms with Crippen LogP contribution in [0, 0.1) is 33.5 Å². The molecule has 4 bridgehead atoms. The Morgan fingerprint density at radius 2 is 1.44 bits per heavy atom. The summed E-state index contributed by atoms with van der Waals surface area (Å²) in [6.45, 7) is 17.9. The van der Waals surface area contributed by atoms with Crippen molar-refractivity contribution in [2.75, 3.05) is 0 Å². The second-order valence-electron chi connectivity index (χ2n) is 15.2. The Labute approximate surface area is 257 Å². The Morgan fingerprint density at radius 3 is 2.00 bits per heavy atom. The number of benzene rings is 1. The van der Waals surface area contributed by atoms with Crippen molar-refractivity contribution >= 4 is 23.1 Å². The van der Waals surface area contributed by atoms with Crippen LogP contribution in [0.25, 0.3) is 0 Å². The maximum atomic E-state index is 15.4. The first-order valence-electron chi connectivity index (χ1n) is 15.9. The van der Waals surface area contributed by atoms with E-state index in [2.05, 4.69) is 19.9 Å². The predicted molar refractivity (Wildman–Crippen MR) is 169 cm³/mol. The van der Waals surface area contributed by atoms with Crippen molar-refractivity contribution in [3.05, 3.63) is 70.8 Å². The van der Waals surface area contributed by atoms with Gasteiger partial charge in [-0.3, -0.25) is 19.2 Å². The van der Waals surface area contributed by atoms with Crippen molar-refractivity contribution in [3.63, 3.8) is 0 Å². The van der Waals surface area contributed by atoms with Crippen LogP contribution in [0.2, 0.25) is 0 Å². The first-order valence-corrected chi connectivity index (χ1v) is 15.9. The van der Waals surface area contributed by atoms with Crippen LogP contribution in [0.3, 0.4) is 0 Å². The highest BCUT2D eigenvalue weighted by molar-refractivity contribution is 6.42. The average Bonchev–Trinajstić information content (AvgIpc) is 3.57. The highest BCUT2D eigenvalue weighted by Gasteiger charge is 2.88. The van der Waals surface area contributed by atoms with Crippen molar-refractivity contribution in [3.8, 4) is 0 Å². The molecule has 5 aliphatic rings. The highest BCUT2D eigenvalue weighted by atomic mass is 16.6. The van der Waals surface area contributed by atoms with Gasteiger partial charge in [0.05, 0.1) is 22.5 Å². The number of Topliss-reactive ketones (excluding diaryl/α,β-unsaturated/α-hetero) is 4. The van der Waals surface area contributed by atoms with Gasteiger partial charge in [-0.2, -0.15) is 0 Å². The highest BCUT2D eigenvalue weighted by Crippen LogP contribution is 2.77. The normalized spacial score (nSPS) is 35.1.